The number of benzene rings is 1. The zero-order valence-corrected chi connectivity index (χ0v) is 15.6. The van der Waals surface area contributed by atoms with Crippen molar-refractivity contribution in [2.24, 2.45) is 0 Å². The Balaban J connectivity index is 1.47. The summed E-state index contributed by atoms with van der Waals surface area (Å²) in [6.45, 7) is 3.26. The number of para-hydroxylation sites is 1. The lowest BCUT2D eigenvalue weighted by Gasteiger charge is -2.06. The van der Waals surface area contributed by atoms with Crippen LogP contribution in [0.1, 0.15) is 25.3 Å². The first-order valence-electron chi connectivity index (χ1n) is 8.78. The van der Waals surface area contributed by atoms with Gasteiger partial charge in [-0.05, 0) is 24.5 Å². The highest BCUT2D eigenvalue weighted by molar-refractivity contribution is 7.99. The molecule has 0 spiro atoms. The minimum absolute atomic E-state index is 0.0627. The number of hydrogen-bond acceptors (Lipinski definition) is 4. The molecule has 26 heavy (non-hydrogen) atoms. The Morgan fingerprint density at radius 2 is 2.19 bits per heavy atom. The van der Waals surface area contributed by atoms with Gasteiger partial charge in [0, 0.05) is 30.2 Å². The normalized spacial score (nSPS) is 11.1. The summed E-state index contributed by atoms with van der Waals surface area (Å²) in [6.07, 6.45) is 4.66. The van der Waals surface area contributed by atoms with Crippen LogP contribution in [-0.4, -0.2) is 38.0 Å². The van der Waals surface area contributed by atoms with Crippen LogP contribution in [0.3, 0.4) is 0 Å². The van der Waals surface area contributed by atoms with Crippen molar-refractivity contribution in [2.45, 2.75) is 37.9 Å². The van der Waals surface area contributed by atoms with E-state index in [0.29, 0.717) is 18.2 Å². The van der Waals surface area contributed by atoms with Crippen molar-refractivity contribution < 1.29 is 4.79 Å². The van der Waals surface area contributed by atoms with Crippen molar-refractivity contribution in [3.8, 4) is 0 Å². The van der Waals surface area contributed by atoms with Gasteiger partial charge in [0.1, 0.15) is 0 Å². The van der Waals surface area contributed by atoms with Crippen LogP contribution in [0.4, 0.5) is 0 Å². The molecule has 3 aromatic rings. The third-order valence-electron chi connectivity index (χ3n) is 4.18. The zero-order valence-electron chi connectivity index (χ0n) is 14.7. The third-order valence-corrected chi connectivity index (χ3v) is 5.16. The molecule has 1 amide bonds. The summed E-state index contributed by atoms with van der Waals surface area (Å²) in [7, 11) is 0. The molecule has 0 atom stereocenters. The summed E-state index contributed by atoms with van der Waals surface area (Å²) in [4.78, 5) is 27.0. The van der Waals surface area contributed by atoms with E-state index < -0.39 is 0 Å². The maximum absolute atomic E-state index is 12.1. The van der Waals surface area contributed by atoms with Gasteiger partial charge in [-0.15, -0.1) is 5.10 Å². The number of unbranched alkanes of at least 4 members (excludes halogenated alkanes) is 1. The molecule has 0 aliphatic carbocycles. The SMILES string of the molecule is CCCCn1c(SCC(=O)NCCc2c[nH]c3ccccc23)n[nH]c1=O. The smallest absolute Gasteiger partial charge is 0.343 e. The predicted molar refractivity (Wildman–Crippen MR) is 103 cm³/mol. The Kier molecular flexibility index (Phi) is 6.17. The number of rotatable bonds is 9. The molecular weight excluding hydrogens is 350 g/mol. The number of aromatic nitrogens is 4. The second kappa shape index (κ2) is 8.75. The molecule has 3 N–H and O–H groups in total. The highest BCUT2D eigenvalue weighted by Gasteiger charge is 2.11. The van der Waals surface area contributed by atoms with Crippen molar-refractivity contribution >= 4 is 28.6 Å². The molecule has 0 bridgehead atoms. The van der Waals surface area contributed by atoms with Gasteiger partial charge >= 0.3 is 5.69 Å². The van der Waals surface area contributed by atoms with Crippen molar-refractivity contribution in [3.05, 3.63) is 46.5 Å². The van der Waals surface area contributed by atoms with Crippen LogP contribution in [-0.2, 0) is 17.8 Å². The number of fused-ring (bicyclic) bond motifs is 1. The maximum atomic E-state index is 12.1. The van der Waals surface area contributed by atoms with E-state index in [1.54, 1.807) is 4.57 Å². The molecule has 0 aliphatic rings. The first kappa shape index (κ1) is 18.3. The monoisotopic (exact) mass is 373 g/mol. The van der Waals surface area contributed by atoms with Crippen molar-refractivity contribution in [3.63, 3.8) is 0 Å². The Morgan fingerprint density at radius 3 is 3.04 bits per heavy atom. The van der Waals surface area contributed by atoms with E-state index in [9.17, 15) is 9.59 Å². The topological polar surface area (TPSA) is 95.6 Å². The van der Waals surface area contributed by atoms with Gasteiger partial charge in [-0.25, -0.2) is 9.89 Å². The zero-order chi connectivity index (χ0) is 18.4. The fraction of sp³-hybridized carbons (Fsp3) is 0.389. The Bertz CT molecular complexity index is 927. The van der Waals surface area contributed by atoms with Crippen molar-refractivity contribution in [1.82, 2.24) is 25.1 Å². The van der Waals surface area contributed by atoms with Gasteiger partial charge < -0.3 is 10.3 Å². The largest absolute Gasteiger partial charge is 0.361 e. The van der Waals surface area contributed by atoms with Gasteiger partial charge in [0.05, 0.1) is 5.75 Å². The van der Waals surface area contributed by atoms with Crippen LogP contribution in [0, 0.1) is 0 Å². The Labute approximate surface area is 155 Å². The van der Waals surface area contributed by atoms with E-state index in [-0.39, 0.29) is 17.3 Å². The number of carbonyl (C=O) groups excluding carboxylic acids is 1. The fourth-order valence-corrected chi connectivity index (χ4v) is 3.59. The number of amides is 1. The summed E-state index contributed by atoms with van der Waals surface area (Å²) in [6, 6.07) is 8.12. The quantitative estimate of drug-likeness (QED) is 0.502. The summed E-state index contributed by atoms with van der Waals surface area (Å²) in [5.74, 6) is 0.178. The lowest BCUT2D eigenvalue weighted by Crippen LogP contribution is -2.27. The molecule has 3 rings (SSSR count). The number of carbonyl (C=O) groups is 1. The lowest BCUT2D eigenvalue weighted by atomic mass is 10.1. The third kappa shape index (κ3) is 4.37. The molecule has 0 unspecified atom stereocenters. The van der Waals surface area contributed by atoms with Crippen LogP contribution in [0.2, 0.25) is 0 Å². The molecule has 0 fully saturated rings. The number of nitrogens with one attached hydrogen (secondary N) is 3. The highest BCUT2D eigenvalue weighted by atomic mass is 32.2. The number of thioether (sulfide) groups is 1. The molecule has 0 radical (unpaired) electrons. The molecule has 0 saturated heterocycles. The van der Waals surface area contributed by atoms with Gasteiger partial charge in [0.2, 0.25) is 5.91 Å². The van der Waals surface area contributed by atoms with Gasteiger partial charge in [-0.1, -0.05) is 43.3 Å². The highest BCUT2D eigenvalue weighted by Crippen LogP contribution is 2.18. The van der Waals surface area contributed by atoms with E-state index in [0.717, 1.165) is 24.8 Å². The Morgan fingerprint density at radius 1 is 1.35 bits per heavy atom. The number of hydrogen-bond donors (Lipinski definition) is 3. The minimum Gasteiger partial charge on any atom is -0.361 e. The van der Waals surface area contributed by atoms with Crippen LogP contribution in [0.15, 0.2) is 40.4 Å². The van der Waals surface area contributed by atoms with E-state index >= 15 is 0 Å². The second-order valence-electron chi connectivity index (χ2n) is 6.06. The molecule has 0 saturated carbocycles. The molecule has 1 aromatic carbocycles. The molecule has 7 nitrogen and oxygen atoms in total. The minimum atomic E-state index is -0.222. The van der Waals surface area contributed by atoms with Crippen LogP contribution < -0.4 is 11.0 Å². The van der Waals surface area contributed by atoms with Crippen LogP contribution in [0.25, 0.3) is 10.9 Å². The Hall–Kier alpha value is -2.48. The summed E-state index contributed by atoms with van der Waals surface area (Å²) in [5.41, 5.74) is 2.07. The summed E-state index contributed by atoms with van der Waals surface area (Å²) >= 11 is 1.28. The first-order chi connectivity index (χ1) is 12.7. The molecule has 0 aliphatic heterocycles. The van der Waals surface area contributed by atoms with Crippen LogP contribution >= 0.6 is 11.8 Å². The van der Waals surface area contributed by atoms with E-state index in [1.165, 1.54) is 22.7 Å². The van der Waals surface area contributed by atoms with Gasteiger partial charge in [0.25, 0.3) is 0 Å². The standard InChI is InChI=1S/C18H23N5O2S/c1-2-3-10-23-17(25)21-22-18(23)26-12-16(24)19-9-8-13-11-20-15-7-5-4-6-14(13)15/h4-7,11,20H,2-3,8-10,12H2,1H3,(H,19,24)(H,21,25). The number of nitrogens with zero attached hydrogens (tertiary/aromatic N) is 2. The average Bonchev–Trinajstić information content (AvgIpc) is 3.22. The summed E-state index contributed by atoms with van der Waals surface area (Å²) < 4.78 is 1.59. The van der Waals surface area contributed by atoms with Gasteiger partial charge in [-0.3, -0.25) is 9.36 Å². The van der Waals surface area contributed by atoms with E-state index in [2.05, 4.69) is 33.5 Å². The number of aromatic amines is 2. The molecule has 8 heteroatoms. The predicted octanol–water partition coefficient (Wildman–Crippen LogP) is 2.30. The summed E-state index contributed by atoms with van der Waals surface area (Å²) in [5, 5.41) is 11.1. The second-order valence-corrected chi connectivity index (χ2v) is 7.01. The van der Waals surface area contributed by atoms with Gasteiger partial charge in [-0.2, -0.15) is 0 Å². The van der Waals surface area contributed by atoms with Crippen LogP contribution in [0.5, 0.6) is 0 Å². The van der Waals surface area contributed by atoms with E-state index in [1.807, 2.05) is 24.4 Å². The molecule has 138 valence electrons. The van der Waals surface area contributed by atoms with Crippen molar-refractivity contribution in [1.29, 1.82) is 0 Å². The molecule has 2 heterocycles. The average molecular weight is 373 g/mol. The molecule has 2 aromatic heterocycles. The number of H-pyrrole nitrogens is 2. The van der Waals surface area contributed by atoms with Crippen molar-refractivity contribution in [2.75, 3.05) is 12.3 Å². The van der Waals surface area contributed by atoms with Gasteiger partial charge in [0.15, 0.2) is 5.16 Å². The maximum Gasteiger partial charge on any atom is 0.343 e. The lowest BCUT2D eigenvalue weighted by molar-refractivity contribution is -0.118. The first-order valence-corrected chi connectivity index (χ1v) is 9.77. The molecular formula is C18H23N5O2S. The fourth-order valence-electron chi connectivity index (χ4n) is 2.78. The van der Waals surface area contributed by atoms with E-state index in [4.69, 9.17) is 0 Å².